The maximum absolute atomic E-state index is 14.5. The number of aromatic nitrogens is 4. The quantitative estimate of drug-likeness (QED) is 0.417. The van der Waals surface area contributed by atoms with Crippen molar-refractivity contribution in [2.45, 2.75) is 44.6 Å². The van der Waals surface area contributed by atoms with Gasteiger partial charge < -0.3 is 10.5 Å². The highest BCUT2D eigenvalue weighted by molar-refractivity contribution is 5.86. The van der Waals surface area contributed by atoms with Crippen LogP contribution in [0.15, 0.2) is 42.6 Å². The van der Waals surface area contributed by atoms with E-state index in [1.807, 2.05) is 0 Å². The number of hydrogen-bond donors (Lipinski definition) is 1. The minimum atomic E-state index is -4.49. The number of hydrogen-bond acceptors (Lipinski definition) is 6. The number of fused-ring (bicyclic) bond motifs is 2. The van der Waals surface area contributed by atoms with Gasteiger partial charge in [-0.05, 0) is 50.1 Å². The Morgan fingerprint density at radius 2 is 1.86 bits per heavy atom. The van der Waals surface area contributed by atoms with Gasteiger partial charge in [-0.2, -0.15) is 13.2 Å². The number of likely N-dealkylation sites (tertiary alicyclic amines) is 1. The molecule has 35 heavy (non-hydrogen) atoms. The van der Waals surface area contributed by atoms with Crippen LogP contribution in [0.5, 0.6) is 5.75 Å². The Bertz CT molecular complexity index is 1390. The van der Waals surface area contributed by atoms with Crippen LogP contribution in [0.25, 0.3) is 28.1 Å². The third kappa shape index (κ3) is 4.41. The highest BCUT2D eigenvalue weighted by Crippen LogP contribution is 2.39. The van der Waals surface area contributed by atoms with Crippen LogP contribution in [0, 0.1) is 5.82 Å². The summed E-state index contributed by atoms with van der Waals surface area (Å²) in [5.74, 6) is -0.306. The van der Waals surface area contributed by atoms with Crippen molar-refractivity contribution in [1.29, 1.82) is 0 Å². The molecular weight excluding hydrogens is 464 g/mol. The standard InChI is InChI=1S/C24H24F4N6O/c1-13(2)35-21-17(25)6-3-14-4-7-18(30-20(14)21)23-32-31-19-8-5-15(11-34(19)23)22(24(26,27)28)33-10-9-16(29)12-33/h3-8,11,13,16,22H,9-10,12,29H2,1-2H3/t16-,22+/m0/s1. The van der Waals surface area contributed by atoms with Crippen molar-refractivity contribution in [2.75, 3.05) is 13.1 Å². The van der Waals surface area contributed by atoms with E-state index in [0.717, 1.165) is 0 Å². The monoisotopic (exact) mass is 488 g/mol. The van der Waals surface area contributed by atoms with Crippen molar-refractivity contribution in [3.05, 3.63) is 54.0 Å². The first-order valence-electron chi connectivity index (χ1n) is 11.3. The molecule has 4 heterocycles. The zero-order valence-electron chi connectivity index (χ0n) is 19.1. The molecule has 4 aromatic rings. The lowest BCUT2D eigenvalue weighted by molar-refractivity contribution is -0.183. The van der Waals surface area contributed by atoms with Crippen LogP contribution in [0.4, 0.5) is 17.6 Å². The largest absolute Gasteiger partial charge is 0.486 e. The second kappa shape index (κ2) is 8.72. The molecular formula is C24H24F4N6O. The van der Waals surface area contributed by atoms with E-state index in [-0.39, 0.29) is 42.4 Å². The van der Waals surface area contributed by atoms with E-state index < -0.39 is 18.0 Å². The van der Waals surface area contributed by atoms with Gasteiger partial charge in [-0.25, -0.2) is 9.37 Å². The summed E-state index contributed by atoms with van der Waals surface area (Å²) in [5.41, 5.74) is 6.91. The Kier molecular flexibility index (Phi) is 5.84. The maximum Gasteiger partial charge on any atom is 0.408 e. The Morgan fingerprint density at radius 3 is 2.54 bits per heavy atom. The predicted molar refractivity (Wildman–Crippen MR) is 122 cm³/mol. The van der Waals surface area contributed by atoms with E-state index in [9.17, 15) is 17.6 Å². The SMILES string of the molecule is CC(C)Oc1c(F)ccc2ccc(-c3nnc4ccc([C@@H](N5CC[C@H](N)C5)C(F)(F)F)cn34)nc12. The van der Waals surface area contributed by atoms with E-state index in [1.165, 1.54) is 33.7 Å². The number of nitrogens with zero attached hydrogens (tertiary/aromatic N) is 5. The molecule has 0 spiro atoms. The molecule has 2 atom stereocenters. The summed E-state index contributed by atoms with van der Waals surface area (Å²) in [6.07, 6.45) is -2.89. The number of nitrogens with two attached hydrogens (primary N) is 1. The molecule has 3 aromatic heterocycles. The first-order valence-corrected chi connectivity index (χ1v) is 11.3. The molecule has 2 N–H and O–H groups in total. The smallest absolute Gasteiger partial charge is 0.408 e. The van der Waals surface area contributed by atoms with Crippen LogP contribution in [0.1, 0.15) is 31.9 Å². The first kappa shape index (κ1) is 23.4. The average molecular weight is 488 g/mol. The average Bonchev–Trinajstić information content (AvgIpc) is 3.40. The van der Waals surface area contributed by atoms with Gasteiger partial charge in [0, 0.05) is 30.7 Å². The Hall–Kier alpha value is -3.31. The van der Waals surface area contributed by atoms with Crippen LogP contribution < -0.4 is 10.5 Å². The number of alkyl halides is 3. The molecule has 0 bridgehead atoms. The van der Waals surface area contributed by atoms with Crippen molar-refractivity contribution in [2.24, 2.45) is 5.73 Å². The van der Waals surface area contributed by atoms with E-state index in [1.54, 1.807) is 32.0 Å². The number of ether oxygens (including phenoxy) is 1. The summed E-state index contributed by atoms with van der Waals surface area (Å²) in [7, 11) is 0. The van der Waals surface area contributed by atoms with Crippen LogP contribution in [0.2, 0.25) is 0 Å². The predicted octanol–water partition coefficient (Wildman–Crippen LogP) is 4.51. The molecule has 11 heteroatoms. The molecule has 0 saturated carbocycles. The highest BCUT2D eigenvalue weighted by atomic mass is 19.4. The number of rotatable bonds is 5. The molecule has 184 valence electrons. The molecule has 0 radical (unpaired) electrons. The summed E-state index contributed by atoms with van der Waals surface area (Å²) in [6.45, 7) is 3.97. The lowest BCUT2D eigenvalue weighted by Crippen LogP contribution is -2.38. The number of pyridine rings is 2. The summed E-state index contributed by atoms with van der Waals surface area (Å²) in [5, 5.41) is 8.90. The Balaban J connectivity index is 1.62. The fraction of sp³-hybridized carbons (Fsp3) is 0.375. The fourth-order valence-electron chi connectivity index (χ4n) is 4.51. The molecule has 0 aliphatic carbocycles. The minimum Gasteiger partial charge on any atom is -0.486 e. The van der Waals surface area contributed by atoms with Crippen LogP contribution in [-0.4, -0.2) is 55.9 Å². The van der Waals surface area contributed by atoms with Gasteiger partial charge in [-0.1, -0.05) is 12.1 Å². The lowest BCUT2D eigenvalue weighted by Gasteiger charge is -2.30. The lowest BCUT2D eigenvalue weighted by atomic mass is 10.1. The fourth-order valence-corrected chi connectivity index (χ4v) is 4.51. The van der Waals surface area contributed by atoms with E-state index in [4.69, 9.17) is 10.5 Å². The van der Waals surface area contributed by atoms with Gasteiger partial charge in [0.05, 0.1) is 6.10 Å². The van der Waals surface area contributed by atoms with Crippen LogP contribution >= 0.6 is 0 Å². The summed E-state index contributed by atoms with van der Waals surface area (Å²) >= 11 is 0. The van der Waals surface area contributed by atoms with Crippen molar-refractivity contribution in [3.63, 3.8) is 0 Å². The highest BCUT2D eigenvalue weighted by Gasteiger charge is 2.46. The van der Waals surface area contributed by atoms with Crippen molar-refractivity contribution >= 4 is 16.6 Å². The van der Waals surface area contributed by atoms with E-state index in [0.29, 0.717) is 28.7 Å². The molecule has 1 aromatic carbocycles. The summed E-state index contributed by atoms with van der Waals surface area (Å²) < 4.78 is 64.0. The van der Waals surface area contributed by atoms with Gasteiger partial charge in [0.1, 0.15) is 17.3 Å². The molecule has 1 saturated heterocycles. The topological polar surface area (TPSA) is 81.6 Å². The molecule has 1 fully saturated rings. The maximum atomic E-state index is 14.5. The van der Waals surface area contributed by atoms with E-state index >= 15 is 0 Å². The van der Waals surface area contributed by atoms with Crippen LogP contribution in [0.3, 0.4) is 0 Å². The van der Waals surface area contributed by atoms with Gasteiger partial charge in [0.2, 0.25) is 0 Å². The van der Waals surface area contributed by atoms with Gasteiger partial charge in [0.25, 0.3) is 0 Å². The normalized spacial score (nSPS) is 18.1. The molecule has 5 rings (SSSR count). The Morgan fingerprint density at radius 1 is 1.09 bits per heavy atom. The minimum absolute atomic E-state index is 0.0105. The molecule has 7 nitrogen and oxygen atoms in total. The first-order chi connectivity index (χ1) is 16.6. The zero-order valence-corrected chi connectivity index (χ0v) is 19.1. The van der Waals surface area contributed by atoms with Crippen molar-refractivity contribution in [1.82, 2.24) is 24.5 Å². The van der Waals surface area contributed by atoms with Crippen molar-refractivity contribution < 1.29 is 22.3 Å². The van der Waals surface area contributed by atoms with Gasteiger partial charge >= 0.3 is 6.18 Å². The van der Waals surface area contributed by atoms with Gasteiger partial charge in [0.15, 0.2) is 23.0 Å². The Labute approximate surface area is 198 Å². The van der Waals surface area contributed by atoms with E-state index in [2.05, 4.69) is 15.2 Å². The number of benzene rings is 1. The van der Waals surface area contributed by atoms with Crippen molar-refractivity contribution in [3.8, 4) is 17.3 Å². The number of halogens is 4. The van der Waals surface area contributed by atoms with Crippen LogP contribution in [-0.2, 0) is 0 Å². The molecule has 0 amide bonds. The second-order valence-electron chi connectivity index (χ2n) is 9.01. The third-order valence-electron chi connectivity index (χ3n) is 6.02. The summed E-state index contributed by atoms with van der Waals surface area (Å²) in [4.78, 5) is 5.90. The zero-order chi connectivity index (χ0) is 24.9. The molecule has 1 aliphatic rings. The third-order valence-corrected chi connectivity index (χ3v) is 6.02. The van der Waals surface area contributed by atoms with Gasteiger partial charge in [-0.3, -0.25) is 9.30 Å². The summed E-state index contributed by atoms with van der Waals surface area (Å²) in [6, 6.07) is 7.11. The molecule has 1 aliphatic heterocycles. The molecule has 0 unspecified atom stereocenters. The second-order valence-corrected chi connectivity index (χ2v) is 9.01. The van der Waals surface area contributed by atoms with Gasteiger partial charge in [-0.15, -0.1) is 10.2 Å².